The zero-order valence-corrected chi connectivity index (χ0v) is 16.6. The normalized spacial score (nSPS) is 23.3. The highest BCUT2D eigenvalue weighted by molar-refractivity contribution is 5.81. The third-order valence-electron chi connectivity index (χ3n) is 4.80. The number of carbonyl (C=O) groups excluding carboxylic acids is 1. The molecule has 0 radical (unpaired) electrons. The molecule has 2 heterocycles. The molecule has 0 aromatic heterocycles. The van der Waals surface area contributed by atoms with Crippen molar-refractivity contribution in [1.82, 2.24) is 10.2 Å². The highest BCUT2D eigenvalue weighted by Gasteiger charge is 2.45. The molecule has 3 atom stereocenters. The summed E-state index contributed by atoms with van der Waals surface area (Å²) in [7, 11) is 0. The fourth-order valence-electron chi connectivity index (χ4n) is 3.55. The highest BCUT2D eigenvalue weighted by atomic mass is 19.4. The molecule has 2 N–H and O–H groups in total. The summed E-state index contributed by atoms with van der Waals surface area (Å²) >= 11 is 0. The second-order valence-corrected chi connectivity index (χ2v) is 7.50. The monoisotopic (exact) mass is 427 g/mol. The van der Waals surface area contributed by atoms with Gasteiger partial charge in [-0.3, -0.25) is 9.69 Å². The number of nitrogens with one attached hydrogen (secondary N) is 1. The van der Waals surface area contributed by atoms with Crippen LogP contribution in [0.2, 0.25) is 0 Å². The minimum atomic E-state index is -5.08. The number of carboxylic acids is 1. The lowest BCUT2D eigenvalue weighted by Crippen LogP contribution is -2.39. The fraction of sp³-hybridized carbons (Fsp3) is 0.550. The summed E-state index contributed by atoms with van der Waals surface area (Å²) in [6.07, 6.45) is -3.55. The number of fused-ring (bicyclic) bond motifs is 1. The van der Waals surface area contributed by atoms with Crippen LogP contribution in [0.3, 0.4) is 0 Å². The Balaban J connectivity index is 0.000000396. The molecule has 1 aromatic rings. The number of benzene rings is 1. The average molecular weight is 427 g/mol. The lowest BCUT2D eigenvalue weighted by molar-refractivity contribution is -0.192. The van der Waals surface area contributed by atoms with Crippen LogP contribution in [0.15, 0.2) is 24.3 Å². The minimum Gasteiger partial charge on any atom is -0.475 e. The quantitative estimate of drug-likeness (QED) is 0.765. The Morgan fingerprint density at radius 2 is 2.07 bits per heavy atom. The molecule has 10 heteroatoms. The molecule has 2 fully saturated rings. The standard InChI is InChI=1S/C18H23N3O2.C2HF3O2/c1-12(2)20-18(22)17-9-15-16(23-17)6-7-21(15)11-14-5-3-4-13(8-14)10-19;3-2(4,5)1(6)7/h3-5,8,12,15-17H,6-7,9,11H2,1-2H3,(H,20,22);(H,6,7)/t15-,16-,17-;/m0./s1. The van der Waals surface area contributed by atoms with E-state index in [-0.39, 0.29) is 24.2 Å². The van der Waals surface area contributed by atoms with Gasteiger partial charge in [-0.1, -0.05) is 12.1 Å². The van der Waals surface area contributed by atoms with E-state index in [1.807, 2.05) is 38.1 Å². The van der Waals surface area contributed by atoms with E-state index in [1.54, 1.807) is 0 Å². The first-order valence-electron chi connectivity index (χ1n) is 9.50. The van der Waals surface area contributed by atoms with Gasteiger partial charge in [-0.2, -0.15) is 18.4 Å². The molecule has 2 aliphatic heterocycles. The van der Waals surface area contributed by atoms with Crippen molar-refractivity contribution >= 4 is 11.9 Å². The number of halogens is 3. The summed E-state index contributed by atoms with van der Waals surface area (Å²) in [6, 6.07) is 10.3. The molecule has 2 aliphatic rings. The number of carboxylic acid groups (broad SMARTS) is 1. The summed E-state index contributed by atoms with van der Waals surface area (Å²) in [5.41, 5.74) is 1.83. The maximum absolute atomic E-state index is 12.1. The molecule has 0 spiro atoms. The molecule has 1 amide bonds. The van der Waals surface area contributed by atoms with Crippen LogP contribution >= 0.6 is 0 Å². The number of hydrogen-bond donors (Lipinski definition) is 2. The highest BCUT2D eigenvalue weighted by Crippen LogP contribution is 2.34. The molecular weight excluding hydrogens is 403 g/mol. The molecule has 164 valence electrons. The number of aliphatic carboxylic acids is 1. The largest absolute Gasteiger partial charge is 0.490 e. The molecule has 0 saturated carbocycles. The number of alkyl halides is 3. The van der Waals surface area contributed by atoms with Gasteiger partial charge in [0.25, 0.3) is 0 Å². The average Bonchev–Trinajstić information content (AvgIpc) is 3.23. The number of hydrogen-bond acceptors (Lipinski definition) is 5. The van der Waals surface area contributed by atoms with Gasteiger partial charge in [0.15, 0.2) is 0 Å². The van der Waals surface area contributed by atoms with Crippen LogP contribution in [0, 0.1) is 11.3 Å². The number of likely N-dealkylation sites (tertiary alicyclic amines) is 1. The van der Waals surface area contributed by atoms with Gasteiger partial charge >= 0.3 is 12.1 Å². The molecule has 3 rings (SSSR count). The number of amides is 1. The predicted molar refractivity (Wildman–Crippen MR) is 100 cm³/mol. The van der Waals surface area contributed by atoms with E-state index in [4.69, 9.17) is 19.9 Å². The SMILES string of the molecule is CC(C)NC(=O)[C@@H]1C[C@H]2[C@H](CCN2Cc2cccc(C#N)c2)O1.O=C(O)C(F)(F)F. The van der Waals surface area contributed by atoms with Crippen LogP contribution in [-0.2, 0) is 20.9 Å². The lowest BCUT2D eigenvalue weighted by Gasteiger charge is -2.23. The van der Waals surface area contributed by atoms with E-state index in [0.717, 1.165) is 31.5 Å². The number of rotatable bonds is 4. The molecule has 0 unspecified atom stereocenters. The van der Waals surface area contributed by atoms with Crippen molar-refractivity contribution < 1.29 is 32.6 Å². The van der Waals surface area contributed by atoms with Gasteiger partial charge in [0.2, 0.25) is 5.91 Å². The summed E-state index contributed by atoms with van der Waals surface area (Å²) < 4.78 is 37.7. The maximum Gasteiger partial charge on any atom is 0.490 e. The van der Waals surface area contributed by atoms with Gasteiger partial charge < -0.3 is 15.2 Å². The van der Waals surface area contributed by atoms with E-state index in [0.29, 0.717) is 11.6 Å². The lowest BCUT2D eigenvalue weighted by atomic mass is 10.1. The number of nitrogens with zero attached hydrogens (tertiary/aromatic N) is 2. The Labute approximate surface area is 172 Å². The zero-order chi connectivity index (χ0) is 22.5. The number of ether oxygens (including phenoxy) is 1. The van der Waals surface area contributed by atoms with E-state index in [1.165, 1.54) is 0 Å². The van der Waals surface area contributed by atoms with Crippen molar-refractivity contribution in [2.75, 3.05) is 6.54 Å². The van der Waals surface area contributed by atoms with Crippen LogP contribution in [0.4, 0.5) is 13.2 Å². The second kappa shape index (κ2) is 9.91. The summed E-state index contributed by atoms with van der Waals surface area (Å²) in [4.78, 5) is 23.4. The third kappa shape index (κ3) is 6.43. The van der Waals surface area contributed by atoms with Crippen molar-refractivity contribution in [3.8, 4) is 6.07 Å². The van der Waals surface area contributed by atoms with Crippen molar-refractivity contribution in [3.63, 3.8) is 0 Å². The molecule has 1 aromatic carbocycles. The Bertz CT molecular complexity index is 807. The Morgan fingerprint density at radius 3 is 2.63 bits per heavy atom. The molecule has 0 aliphatic carbocycles. The van der Waals surface area contributed by atoms with Gasteiger partial charge in [0.05, 0.1) is 17.7 Å². The Hall–Kier alpha value is -2.64. The topological polar surface area (TPSA) is 103 Å². The molecule has 0 bridgehead atoms. The number of carbonyl (C=O) groups is 2. The summed E-state index contributed by atoms with van der Waals surface area (Å²) in [5, 5.41) is 19.1. The van der Waals surface area contributed by atoms with Crippen molar-refractivity contribution in [2.45, 2.75) is 63.7 Å². The van der Waals surface area contributed by atoms with Gasteiger partial charge in [-0.05, 0) is 38.0 Å². The van der Waals surface area contributed by atoms with E-state index in [2.05, 4.69) is 16.3 Å². The zero-order valence-electron chi connectivity index (χ0n) is 16.6. The third-order valence-corrected chi connectivity index (χ3v) is 4.80. The first-order chi connectivity index (χ1) is 14.0. The van der Waals surface area contributed by atoms with Crippen LogP contribution in [-0.4, -0.2) is 58.9 Å². The van der Waals surface area contributed by atoms with Crippen LogP contribution in [0.25, 0.3) is 0 Å². The maximum atomic E-state index is 12.1. The smallest absolute Gasteiger partial charge is 0.475 e. The van der Waals surface area contributed by atoms with E-state index in [9.17, 15) is 18.0 Å². The van der Waals surface area contributed by atoms with Gasteiger partial charge in [-0.25, -0.2) is 4.79 Å². The molecular formula is C20H24F3N3O4. The fourth-order valence-corrected chi connectivity index (χ4v) is 3.55. The van der Waals surface area contributed by atoms with Crippen molar-refractivity contribution in [1.29, 1.82) is 5.26 Å². The summed E-state index contributed by atoms with van der Waals surface area (Å²) in [5.74, 6) is -2.76. The molecule has 30 heavy (non-hydrogen) atoms. The van der Waals surface area contributed by atoms with Gasteiger partial charge in [-0.15, -0.1) is 0 Å². The first kappa shape index (κ1) is 23.6. The second-order valence-electron chi connectivity index (χ2n) is 7.50. The Morgan fingerprint density at radius 1 is 1.40 bits per heavy atom. The van der Waals surface area contributed by atoms with Gasteiger partial charge in [0, 0.05) is 31.6 Å². The van der Waals surface area contributed by atoms with Crippen molar-refractivity contribution in [2.24, 2.45) is 0 Å². The van der Waals surface area contributed by atoms with E-state index < -0.39 is 12.1 Å². The minimum absolute atomic E-state index is 0.000767. The predicted octanol–water partition coefficient (Wildman–Crippen LogP) is 2.45. The molecule has 2 saturated heterocycles. The first-order valence-corrected chi connectivity index (χ1v) is 9.50. The van der Waals surface area contributed by atoms with Crippen LogP contribution in [0.5, 0.6) is 0 Å². The summed E-state index contributed by atoms with van der Waals surface area (Å²) in [6.45, 7) is 5.70. The Kier molecular flexibility index (Phi) is 7.81. The van der Waals surface area contributed by atoms with Gasteiger partial charge in [0.1, 0.15) is 6.10 Å². The van der Waals surface area contributed by atoms with Crippen molar-refractivity contribution in [3.05, 3.63) is 35.4 Å². The number of nitriles is 1. The van der Waals surface area contributed by atoms with E-state index >= 15 is 0 Å². The van der Waals surface area contributed by atoms with Crippen LogP contribution < -0.4 is 5.32 Å². The molecule has 7 nitrogen and oxygen atoms in total. The van der Waals surface area contributed by atoms with Crippen LogP contribution in [0.1, 0.15) is 37.8 Å².